The summed E-state index contributed by atoms with van der Waals surface area (Å²) in [5.74, 6) is 1.74. The molecule has 1 aromatic carbocycles. The monoisotopic (exact) mass is 456 g/mol. The number of furan rings is 1. The third-order valence-corrected chi connectivity index (χ3v) is 6.48. The van der Waals surface area contributed by atoms with Gasteiger partial charge in [0.25, 0.3) is 5.56 Å². The first-order valence-corrected chi connectivity index (χ1v) is 12.1. The number of hydrogen-bond acceptors (Lipinski definition) is 6. The minimum Gasteiger partial charge on any atom is -0.464 e. The van der Waals surface area contributed by atoms with E-state index < -0.39 is 0 Å². The van der Waals surface area contributed by atoms with Crippen LogP contribution in [-0.2, 0) is 17.9 Å². The van der Waals surface area contributed by atoms with Gasteiger partial charge in [-0.15, -0.1) is 0 Å². The van der Waals surface area contributed by atoms with Crippen molar-refractivity contribution in [2.24, 2.45) is 0 Å². The predicted octanol–water partition coefficient (Wildman–Crippen LogP) is 3.78. The van der Waals surface area contributed by atoms with E-state index in [-0.39, 0.29) is 17.2 Å². The molecular formula is C24H32N4O3S. The molecule has 0 aliphatic heterocycles. The number of rotatable bonds is 11. The van der Waals surface area contributed by atoms with Gasteiger partial charge in [-0.25, -0.2) is 4.98 Å². The summed E-state index contributed by atoms with van der Waals surface area (Å²) >= 11 is 1.32. The number of fused-ring (bicyclic) bond motifs is 1. The summed E-state index contributed by atoms with van der Waals surface area (Å²) in [4.78, 5) is 34.6. The number of carbonyl (C=O) groups is 1. The van der Waals surface area contributed by atoms with Crippen LogP contribution in [0, 0.1) is 6.92 Å². The molecule has 0 saturated heterocycles. The van der Waals surface area contributed by atoms with Crippen molar-refractivity contribution in [2.45, 2.75) is 45.4 Å². The lowest BCUT2D eigenvalue weighted by atomic mass is 10.2. The first kappa shape index (κ1) is 24.1. The standard InChI is InChI=1S/C24H32N4O3S/c1-5-27(6-2)14-9-15-28-23(30)20-10-7-8-11-21(20)25-24(28)32-17-22(29)26(4)16-19-13-12-18(3)31-19/h7-8,10-13H,5-6,9,14-17H2,1-4H3. The molecule has 0 saturated carbocycles. The smallest absolute Gasteiger partial charge is 0.262 e. The Labute approximate surface area is 193 Å². The molecule has 1 amide bonds. The zero-order chi connectivity index (χ0) is 23.1. The first-order valence-electron chi connectivity index (χ1n) is 11.1. The molecule has 0 bridgehead atoms. The molecule has 3 aromatic rings. The van der Waals surface area contributed by atoms with Crippen LogP contribution >= 0.6 is 11.8 Å². The van der Waals surface area contributed by atoms with Crippen molar-refractivity contribution in [1.82, 2.24) is 19.4 Å². The Kier molecular flexibility index (Phi) is 8.53. The van der Waals surface area contributed by atoms with Crippen LogP contribution in [0.1, 0.15) is 31.8 Å². The Balaban J connectivity index is 1.74. The third-order valence-electron chi connectivity index (χ3n) is 5.52. The Hall–Kier alpha value is -2.58. The second kappa shape index (κ2) is 11.3. The van der Waals surface area contributed by atoms with E-state index in [1.54, 1.807) is 16.5 Å². The van der Waals surface area contributed by atoms with Crippen LogP contribution in [0.3, 0.4) is 0 Å². The van der Waals surface area contributed by atoms with E-state index in [4.69, 9.17) is 9.40 Å². The normalized spacial score (nSPS) is 11.4. The van der Waals surface area contributed by atoms with Crippen molar-refractivity contribution >= 4 is 28.6 Å². The molecule has 7 nitrogen and oxygen atoms in total. The quantitative estimate of drug-likeness (QED) is 0.323. The highest BCUT2D eigenvalue weighted by atomic mass is 32.2. The van der Waals surface area contributed by atoms with Gasteiger partial charge < -0.3 is 14.2 Å². The molecule has 172 valence electrons. The van der Waals surface area contributed by atoms with E-state index in [1.165, 1.54) is 11.8 Å². The van der Waals surface area contributed by atoms with Crippen LogP contribution in [0.4, 0.5) is 0 Å². The van der Waals surface area contributed by atoms with E-state index in [0.29, 0.717) is 29.1 Å². The lowest BCUT2D eigenvalue weighted by molar-refractivity contribution is -0.127. The van der Waals surface area contributed by atoms with Gasteiger partial charge >= 0.3 is 0 Å². The molecule has 2 aromatic heterocycles. The summed E-state index contributed by atoms with van der Waals surface area (Å²) in [6.07, 6.45) is 0.848. The summed E-state index contributed by atoms with van der Waals surface area (Å²) in [5.41, 5.74) is 0.608. The van der Waals surface area contributed by atoms with Crippen LogP contribution in [0.15, 0.2) is 50.8 Å². The number of aromatic nitrogens is 2. The molecule has 0 atom stereocenters. The van der Waals surface area contributed by atoms with Crippen molar-refractivity contribution in [3.63, 3.8) is 0 Å². The Bertz CT molecular complexity index is 1100. The summed E-state index contributed by atoms with van der Waals surface area (Å²) in [7, 11) is 1.76. The maximum absolute atomic E-state index is 13.2. The highest BCUT2D eigenvalue weighted by Crippen LogP contribution is 2.19. The summed E-state index contributed by atoms with van der Waals surface area (Å²) in [5, 5.41) is 1.19. The van der Waals surface area contributed by atoms with Gasteiger partial charge in [0, 0.05) is 13.6 Å². The summed E-state index contributed by atoms with van der Waals surface area (Å²) in [6.45, 7) is 10.0. The van der Waals surface area contributed by atoms with Gasteiger partial charge in [0.1, 0.15) is 11.5 Å². The van der Waals surface area contributed by atoms with Crippen LogP contribution < -0.4 is 5.56 Å². The number of hydrogen-bond donors (Lipinski definition) is 0. The SMILES string of the molecule is CCN(CC)CCCn1c(SCC(=O)N(C)Cc2ccc(C)o2)nc2ccccc2c1=O. The summed E-state index contributed by atoms with van der Waals surface area (Å²) in [6, 6.07) is 11.1. The Morgan fingerprint density at radius 2 is 1.91 bits per heavy atom. The molecule has 0 radical (unpaired) electrons. The maximum atomic E-state index is 13.2. The molecule has 0 aliphatic rings. The van der Waals surface area contributed by atoms with E-state index >= 15 is 0 Å². The lowest BCUT2D eigenvalue weighted by Gasteiger charge is -2.19. The second-order valence-electron chi connectivity index (χ2n) is 7.80. The van der Waals surface area contributed by atoms with Gasteiger partial charge in [-0.1, -0.05) is 37.7 Å². The van der Waals surface area contributed by atoms with Crippen LogP contribution in [0.2, 0.25) is 0 Å². The van der Waals surface area contributed by atoms with E-state index in [1.807, 2.05) is 43.3 Å². The summed E-state index contributed by atoms with van der Waals surface area (Å²) < 4.78 is 7.29. The van der Waals surface area contributed by atoms with Gasteiger partial charge in [-0.3, -0.25) is 14.2 Å². The third kappa shape index (κ3) is 6.01. The molecule has 0 unspecified atom stereocenters. The number of para-hydroxylation sites is 1. The molecule has 0 aliphatic carbocycles. The van der Waals surface area contributed by atoms with Gasteiger partial charge in [0.15, 0.2) is 5.16 Å². The predicted molar refractivity (Wildman–Crippen MR) is 129 cm³/mol. The van der Waals surface area contributed by atoms with Gasteiger partial charge in [-0.05, 0) is 57.2 Å². The molecule has 0 fully saturated rings. The fourth-order valence-electron chi connectivity index (χ4n) is 3.58. The zero-order valence-corrected chi connectivity index (χ0v) is 20.2. The fourth-order valence-corrected chi connectivity index (χ4v) is 4.54. The first-order chi connectivity index (χ1) is 15.4. The number of benzene rings is 1. The number of carbonyl (C=O) groups excluding carboxylic acids is 1. The van der Waals surface area contributed by atoms with E-state index in [9.17, 15) is 9.59 Å². The van der Waals surface area contributed by atoms with Crippen LogP contribution in [0.25, 0.3) is 10.9 Å². The van der Waals surface area contributed by atoms with Crippen molar-refractivity contribution in [1.29, 1.82) is 0 Å². The van der Waals surface area contributed by atoms with Crippen molar-refractivity contribution < 1.29 is 9.21 Å². The lowest BCUT2D eigenvalue weighted by Crippen LogP contribution is -2.30. The molecular weight excluding hydrogens is 424 g/mol. The zero-order valence-electron chi connectivity index (χ0n) is 19.3. The molecule has 3 rings (SSSR count). The van der Waals surface area contributed by atoms with Crippen molar-refractivity contribution in [3.05, 3.63) is 58.3 Å². The van der Waals surface area contributed by atoms with Gasteiger partial charge in [0.05, 0.1) is 23.2 Å². The average Bonchev–Trinajstić information content (AvgIpc) is 3.20. The highest BCUT2D eigenvalue weighted by molar-refractivity contribution is 7.99. The van der Waals surface area contributed by atoms with Crippen LogP contribution in [0.5, 0.6) is 0 Å². The van der Waals surface area contributed by atoms with E-state index in [2.05, 4.69) is 18.7 Å². The molecule has 8 heteroatoms. The average molecular weight is 457 g/mol. The second-order valence-corrected chi connectivity index (χ2v) is 8.74. The number of amides is 1. The molecule has 0 N–H and O–H groups in total. The molecule has 32 heavy (non-hydrogen) atoms. The van der Waals surface area contributed by atoms with Gasteiger partial charge in [0.2, 0.25) is 5.91 Å². The van der Waals surface area contributed by atoms with Crippen LogP contribution in [-0.4, -0.2) is 57.7 Å². The number of aryl methyl sites for hydroxylation is 1. The van der Waals surface area contributed by atoms with Crippen molar-refractivity contribution in [2.75, 3.05) is 32.4 Å². The number of nitrogens with zero attached hydrogens (tertiary/aromatic N) is 4. The highest BCUT2D eigenvalue weighted by Gasteiger charge is 2.16. The Morgan fingerprint density at radius 3 is 2.59 bits per heavy atom. The van der Waals surface area contributed by atoms with E-state index in [0.717, 1.165) is 37.6 Å². The largest absolute Gasteiger partial charge is 0.464 e. The fraction of sp³-hybridized carbons (Fsp3) is 0.458. The van der Waals surface area contributed by atoms with Gasteiger partial charge in [-0.2, -0.15) is 0 Å². The molecule has 2 heterocycles. The van der Waals surface area contributed by atoms with Crippen molar-refractivity contribution in [3.8, 4) is 0 Å². The minimum absolute atomic E-state index is 0.0406. The maximum Gasteiger partial charge on any atom is 0.262 e. The minimum atomic E-state index is -0.0514. The topological polar surface area (TPSA) is 71.6 Å². The molecule has 0 spiro atoms. The Morgan fingerprint density at radius 1 is 1.16 bits per heavy atom. The number of thioether (sulfide) groups is 1.